The van der Waals surface area contributed by atoms with E-state index in [0.717, 1.165) is 12.0 Å². The van der Waals surface area contributed by atoms with Crippen LogP contribution in [0.15, 0.2) is 29.6 Å². The van der Waals surface area contributed by atoms with Gasteiger partial charge >= 0.3 is 0 Å². The number of thiophene rings is 1. The van der Waals surface area contributed by atoms with Crippen molar-refractivity contribution in [3.63, 3.8) is 0 Å². The Labute approximate surface area is 106 Å². The number of benzene rings is 1. The molecule has 0 radical (unpaired) electrons. The Kier molecular flexibility index (Phi) is 3.78. The first-order valence-corrected chi connectivity index (χ1v) is 6.76. The summed E-state index contributed by atoms with van der Waals surface area (Å²) in [5.41, 5.74) is 1.11. The van der Waals surface area contributed by atoms with Gasteiger partial charge in [0.25, 0.3) is 0 Å². The Bertz CT molecular complexity index is 538. The third-order valence-electron chi connectivity index (χ3n) is 3.01. The van der Waals surface area contributed by atoms with Gasteiger partial charge in [-0.3, -0.25) is 5.32 Å². The summed E-state index contributed by atoms with van der Waals surface area (Å²) in [5, 5.41) is 15.9. The summed E-state index contributed by atoms with van der Waals surface area (Å²) in [7, 11) is 0. The summed E-state index contributed by atoms with van der Waals surface area (Å²) in [4.78, 5) is 0. The van der Waals surface area contributed by atoms with Gasteiger partial charge in [0.15, 0.2) is 0 Å². The summed E-state index contributed by atoms with van der Waals surface area (Å²) in [6.07, 6.45) is 1.03. The number of fused-ring (bicyclic) bond motifs is 1. The summed E-state index contributed by atoms with van der Waals surface area (Å²) in [6, 6.07) is 10.8. The minimum atomic E-state index is -0.207. The molecule has 2 nitrogen and oxygen atoms in total. The molecular weight excluding hydrogens is 228 g/mol. The Morgan fingerprint density at radius 2 is 2.18 bits per heavy atom. The van der Waals surface area contributed by atoms with E-state index >= 15 is 0 Å². The summed E-state index contributed by atoms with van der Waals surface area (Å²) in [5.74, 6) is 0. The van der Waals surface area contributed by atoms with Gasteiger partial charge < -0.3 is 0 Å². The van der Waals surface area contributed by atoms with E-state index in [1.54, 1.807) is 11.3 Å². The lowest BCUT2D eigenvalue weighted by Crippen LogP contribution is -2.28. The predicted molar refractivity (Wildman–Crippen MR) is 73.1 cm³/mol. The smallest absolute Gasteiger partial charge is 0.122 e. The van der Waals surface area contributed by atoms with Crippen molar-refractivity contribution < 1.29 is 0 Å². The van der Waals surface area contributed by atoms with Crippen molar-refractivity contribution >= 4 is 21.4 Å². The zero-order valence-corrected chi connectivity index (χ0v) is 10.9. The van der Waals surface area contributed by atoms with Crippen LogP contribution in [0.2, 0.25) is 0 Å². The van der Waals surface area contributed by atoms with Crippen LogP contribution in [0.4, 0.5) is 0 Å². The molecule has 2 unspecified atom stereocenters. The van der Waals surface area contributed by atoms with E-state index in [-0.39, 0.29) is 6.04 Å². The summed E-state index contributed by atoms with van der Waals surface area (Å²) in [6.45, 7) is 4.23. The summed E-state index contributed by atoms with van der Waals surface area (Å²) < 4.78 is 1.24. The highest BCUT2D eigenvalue weighted by Crippen LogP contribution is 2.30. The molecule has 1 heterocycles. The van der Waals surface area contributed by atoms with Crippen molar-refractivity contribution in [1.29, 1.82) is 5.26 Å². The highest BCUT2D eigenvalue weighted by atomic mass is 32.1. The van der Waals surface area contributed by atoms with Gasteiger partial charge in [0, 0.05) is 16.3 Å². The first-order chi connectivity index (χ1) is 8.26. The minimum Gasteiger partial charge on any atom is -0.296 e. The highest BCUT2D eigenvalue weighted by molar-refractivity contribution is 7.17. The second-order valence-electron chi connectivity index (χ2n) is 4.23. The van der Waals surface area contributed by atoms with E-state index < -0.39 is 0 Å². The number of nitrogens with zero attached hydrogens (tertiary/aromatic N) is 1. The fourth-order valence-corrected chi connectivity index (χ4v) is 2.81. The molecule has 0 amide bonds. The molecule has 2 rings (SSSR count). The minimum absolute atomic E-state index is 0.207. The Morgan fingerprint density at radius 3 is 2.88 bits per heavy atom. The molecule has 0 fully saturated rings. The number of nitriles is 1. The maximum absolute atomic E-state index is 9.29. The molecule has 2 atom stereocenters. The molecule has 3 heteroatoms. The van der Waals surface area contributed by atoms with E-state index in [1.807, 2.05) is 12.1 Å². The molecule has 0 aliphatic carbocycles. The lowest BCUT2D eigenvalue weighted by atomic mass is 10.1. The predicted octanol–water partition coefficient (Wildman–Crippen LogP) is 3.85. The molecular formula is C14H16N2S. The van der Waals surface area contributed by atoms with Gasteiger partial charge in [-0.15, -0.1) is 11.3 Å². The van der Waals surface area contributed by atoms with E-state index in [9.17, 15) is 5.26 Å². The monoisotopic (exact) mass is 244 g/mol. The molecule has 0 aliphatic heterocycles. The second kappa shape index (κ2) is 5.31. The van der Waals surface area contributed by atoms with Crippen LogP contribution in [0, 0.1) is 11.3 Å². The number of hydrogen-bond donors (Lipinski definition) is 1. The van der Waals surface area contributed by atoms with Gasteiger partial charge in [-0.2, -0.15) is 5.26 Å². The molecule has 0 bridgehead atoms. The molecule has 17 heavy (non-hydrogen) atoms. The van der Waals surface area contributed by atoms with Gasteiger partial charge in [0.05, 0.1) is 6.07 Å². The molecule has 1 aromatic heterocycles. The SMILES string of the molecule is CCC(C)NC(C#N)c1csc2ccccc12. The van der Waals surface area contributed by atoms with Crippen molar-refractivity contribution in [3.8, 4) is 6.07 Å². The fraction of sp³-hybridized carbons (Fsp3) is 0.357. The maximum Gasteiger partial charge on any atom is 0.122 e. The molecule has 1 aromatic carbocycles. The molecule has 0 saturated carbocycles. The Morgan fingerprint density at radius 1 is 1.41 bits per heavy atom. The number of hydrogen-bond acceptors (Lipinski definition) is 3. The Balaban J connectivity index is 2.34. The fourth-order valence-electron chi connectivity index (χ4n) is 1.82. The normalized spacial score (nSPS) is 14.4. The van der Waals surface area contributed by atoms with Gasteiger partial charge in [0.1, 0.15) is 6.04 Å². The molecule has 88 valence electrons. The standard InChI is InChI=1S/C14H16N2S/c1-3-10(2)16-13(8-15)12-9-17-14-7-5-4-6-11(12)14/h4-7,9-10,13,16H,3H2,1-2H3. The quantitative estimate of drug-likeness (QED) is 0.886. The van der Waals surface area contributed by atoms with Gasteiger partial charge in [-0.1, -0.05) is 25.1 Å². The van der Waals surface area contributed by atoms with Crippen LogP contribution in [0.3, 0.4) is 0 Å². The lowest BCUT2D eigenvalue weighted by Gasteiger charge is -2.16. The van der Waals surface area contributed by atoms with Crippen molar-refractivity contribution in [2.75, 3.05) is 0 Å². The van der Waals surface area contributed by atoms with Gasteiger partial charge in [-0.25, -0.2) is 0 Å². The molecule has 0 saturated heterocycles. The topological polar surface area (TPSA) is 35.8 Å². The van der Waals surface area contributed by atoms with E-state index in [0.29, 0.717) is 6.04 Å². The van der Waals surface area contributed by atoms with E-state index in [2.05, 4.69) is 42.7 Å². The largest absolute Gasteiger partial charge is 0.296 e. The van der Waals surface area contributed by atoms with Crippen LogP contribution >= 0.6 is 11.3 Å². The number of rotatable bonds is 4. The van der Waals surface area contributed by atoms with Crippen LogP contribution in [-0.2, 0) is 0 Å². The van der Waals surface area contributed by atoms with Gasteiger partial charge in [0.2, 0.25) is 0 Å². The summed E-state index contributed by atoms with van der Waals surface area (Å²) >= 11 is 1.70. The van der Waals surface area contributed by atoms with Gasteiger partial charge in [-0.05, 0) is 30.2 Å². The highest BCUT2D eigenvalue weighted by Gasteiger charge is 2.16. The zero-order chi connectivity index (χ0) is 12.3. The van der Waals surface area contributed by atoms with Crippen molar-refractivity contribution in [2.45, 2.75) is 32.4 Å². The van der Waals surface area contributed by atoms with Crippen molar-refractivity contribution in [2.24, 2.45) is 0 Å². The van der Waals surface area contributed by atoms with Crippen LogP contribution in [0.1, 0.15) is 31.9 Å². The first kappa shape index (κ1) is 12.1. The molecule has 0 spiro atoms. The average molecular weight is 244 g/mol. The Hall–Kier alpha value is -1.37. The van der Waals surface area contributed by atoms with E-state index in [4.69, 9.17) is 0 Å². The van der Waals surface area contributed by atoms with Crippen molar-refractivity contribution in [1.82, 2.24) is 5.32 Å². The van der Waals surface area contributed by atoms with Crippen LogP contribution in [0.5, 0.6) is 0 Å². The third kappa shape index (κ3) is 2.49. The zero-order valence-electron chi connectivity index (χ0n) is 10.1. The third-order valence-corrected chi connectivity index (χ3v) is 4.00. The van der Waals surface area contributed by atoms with E-state index in [1.165, 1.54) is 10.1 Å². The second-order valence-corrected chi connectivity index (χ2v) is 5.14. The average Bonchev–Trinajstić information content (AvgIpc) is 2.79. The van der Waals surface area contributed by atoms with Crippen molar-refractivity contribution in [3.05, 3.63) is 35.2 Å². The molecule has 2 aromatic rings. The van der Waals surface area contributed by atoms with Crippen LogP contribution in [0.25, 0.3) is 10.1 Å². The first-order valence-electron chi connectivity index (χ1n) is 5.88. The van der Waals surface area contributed by atoms with Crippen LogP contribution < -0.4 is 5.32 Å². The molecule has 1 N–H and O–H groups in total. The van der Waals surface area contributed by atoms with Crippen LogP contribution in [-0.4, -0.2) is 6.04 Å². The molecule has 0 aliphatic rings. The maximum atomic E-state index is 9.29. The lowest BCUT2D eigenvalue weighted by molar-refractivity contribution is 0.503. The number of nitrogens with one attached hydrogen (secondary N) is 1.